The summed E-state index contributed by atoms with van der Waals surface area (Å²) in [5.41, 5.74) is 1.26. The lowest BCUT2D eigenvalue weighted by Crippen LogP contribution is -2.32. The number of hydrogen-bond donors (Lipinski definition) is 2. The topological polar surface area (TPSA) is 54.4 Å². The molecular formula is C15H24N2O2. The van der Waals surface area contributed by atoms with Gasteiger partial charge < -0.3 is 15.2 Å². The average molecular weight is 264 g/mol. The number of nitrogens with one attached hydrogen (secondary N) is 1. The fourth-order valence-electron chi connectivity index (χ4n) is 2.41. The van der Waals surface area contributed by atoms with Crippen LogP contribution in [0.15, 0.2) is 24.5 Å². The minimum absolute atomic E-state index is 0.381. The third-order valence-electron chi connectivity index (χ3n) is 3.55. The van der Waals surface area contributed by atoms with Crippen LogP contribution in [0.5, 0.6) is 0 Å². The zero-order chi connectivity index (χ0) is 13.3. The number of pyridine rings is 1. The SMILES string of the molecule is OC(CNCCc1ccncc1)COC1CCCC1. The summed E-state index contributed by atoms with van der Waals surface area (Å²) >= 11 is 0. The number of aliphatic hydroxyl groups is 1. The van der Waals surface area contributed by atoms with E-state index in [4.69, 9.17) is 4.74 Å². The molecule has 1 aromatic heterocycles. The highest BCUT2D eigenvalue weighted by Gasteiger charge is 2.16. The summed E-state index contributed by atoms with van der Waals surface area (Å²) in [4.78, 5) is 3.99. The lowest BCUT2D eigenvalue weighted by molar-refractivity contribution is -0.00530. The van der Waals surface area contributed by atoms with Crippen LogP contribution in [-0.2, 0) is 11.2 Å². The van der Waals surface area contributed by atoms with Crippen molar-refractivity contribution in [3.63, 3.8) is 0 Å². The van der Waals surface area contributed by atoms with Crippen molar-refractivity contribution in [3.8, 4) is 0 Å². The van der Waals surface area contributed by atoms with E-state index in [2.05, 4.69) is 10.3 Å². The molecule has 1 aromatic rings. The summed E-state index contributed by atoms with van der Waals surface area (Å²) < 4.78 is 5.68. The number of ether oxygens (including phenoxy) is 1. The van der Waals surface area contributed by atoms with Crippen LogP contribution in [0.4, 0.5) is 0 Å². The van der Waals surface area contributed by atoms with Gasteiger partial charge in [0.1, 0.15) is 0 Å². The van der Waals surface area contributed by atoms with Gasteiger partial charge in [0, 0.05) is 18.9 Å². The molecule has 0 aromatic carbocycles. The molecule has 1 fully saturated rings. The fourth-order valence-corrected chi connectivity index (χ4v) is 2.41. The van der Waals surface area contributed by atoms with E-state index in [1.807, 2.05) is 12.1 Å². The maximum absolute atomic E-state index is 9.81. The van der Waals surface area contributed by atoms with Crippen LogP contribution in [0.3, 0.4) is 0 Å². The van der Waals surface area contributed by atoms with Crippen molar-refractivity contribution < 1.29 is 9.84 Å². The van der Waals surface area contributed by atoms with E-state index in [0.29, 0.717) is 19.3 Å². The third-order valence-corrected chi connectivity index (χ3v) is 3.55. The molecule has 0 saturated heterocycles. The van der Waals surface area contributed by atoms with Crippen molar-refractivity contribution >= 4 is 0 Å². The molecule has 2 rings (SSSR count). The Morgan fingerprint density at radius 1 is 1.32 bits per heavy atom. The van der Waals surface area contributed by atoms with Crippen molar-refractivity contribution in [2.24, 2.45) is 0 Å². The maximum atomic E-state index is 9.81. The first kappa shape index (κ1) is 14.4. The van der Waals surface area contributed by atoms with Gasteiger partial charge in [-0.3, -0.25) is 4.98 Å². The summed E-state index contributed by atoms with van der Waals surface area (Å²) in [6, 6.07) is 4.03. The van der Waals surface area contributed by atoms with Gasteiger partial charge in [0.2, 0.25) is 0 Å². The fraction of sp³-hybridized carbons (Fsp3) is 0.667. The highest BCUT2D eigenvalue weighted by atomic mass is 16.5. The number of hydrogen-bond acceptors (Lipinski definition) is 4. The van der Waals surface area contributed by atoms with Crippen LogP contribution in [0.1, 0.15) is 31.2 Å². The second kappa shape index (κ2) is 8.25. The van der Waals surface area contributed by atoms with Crippen molar-refractivity contribution in [1.82, 2.24) is 10.3 Å². The van der Waals surface area contributed by atoms with Crippen LogP contribution in [-0.4, -0.2) is 42.0 Å². The molecule has 0 spiro atoms. The Bertz CT molecular complexity index is 339. The molecule has 1 atom stereocenters. The normalized spacial score (nSPS) is 17.7. The van der Waals surface area contributed by atoms with Gasteiger partial charge in [-0.05, 0) is 43.5 Å². The van der Waals surface area contributed by atoms with E-state index in [-0.39, 0.29) is 0 Å². The minimum Gasteiger partial charge on any atom is -0.389 e. The summed E-state index contributed by atoms with van der Waals surface area (Å²) in [7, 11) is 0. The van der Waals surface area contributed by atoms with Crippen molar-refractivity contribution in [1.29, 1.82) is 0 Å². The highest BCUT2D eigenvalue weighted by Crippen LogP contribution is 2.20. The largest absolute Gasteiger partial charge is 0.389 e. The Morgan fingerprint density at radius 3 is 2.79 bits per heavy atom. The van der Waals surface area contributed by atoms with Crippen LogP contribution >= 0.6 is 0 Å². The Balaban J connectivity index is 1.50. The maximum Gasteiger partial charge on any atom is 0.0897 e. The quantitative estimate of drug-likeness (QED) is 0.699. The van der Waals surface area contributed by atoms with Gasteiger partial charge in [-0.1, -0.05) is 12.8 Å². The second-order valence-electron chi connectivity index (χ2n) is 5.20. The molecule has 0 amide bonds. The summed E-state index contributed by atoms with van der Waals surface area (Å²) in [6.07, 6.45) is 9.39. The van der Waals surface area contributed by atoms with E-state index in [1.165, 1.54) is 18.4 Å². The monoisotopic (exact) mass is 264 g/mol. The zero-order valence-electron chi connectivity index (χ0n) is 11.4. The molecule has 4 nitrogen and oxygen atoms in total. The molecule has 1 unspecified atom stereocenters. The Labute approximate surface area is 115 Å². The molecule has 0 radical (unpaired) electrons. The molecule has 106 valence electrons. The van der Waals surface area contributed by atoms with Gasteiger partial charge in [0.15, 0.2) is 0 Å². The molecule has 1 saturated carbocycles. The van der Waals surface area contributed by atoms with Gasteiger partial charge in [-0.25, -0.2) is 0 Å². The minimum atomic E-state index is -0.405. The zero-order valence-corrected chi connectivity index (χ0v) is 11.4. The standard InChI is InChI=1S/C15H24N2O2/c18-14(12-19-15-3-1-2-4-15)11-17-10-7-13-5-8-16-9-6-13/h5-6,8-9,14-15,17-18H,1-4,7,10-12H2. The molecule has 2 N–H and O–H groups in total. The van der Waals surface area contributed by atoms with Crippen molar-refractivity contribution in [2.75, 3.05) is 19.7 Å². The van der Waals surface area contributed by atoms with Gasteiger partial charge in [0.05, 0.1) is 18.8 Å². The third kappa shape index (κ3) is 5.68. The average Bonchev–Trinajstić information content (AvgIpc) is 2.96. The van der Waals surface area contributed by atoms with E-state index in [1.54, 1.807) is 12.4 Å². The summed E-state index contributed by atoms with van der Waals surface area (Å²) in [5, 5.41) is 13.1. The van der Waals surface area contributed by atoms with Gasteiger partial charge in [0.25, 0.3) is 0 Å². The Morgan fingerprint density at radius 2 is 2.05 bits per heavy atom. The van der Waals surface area contributed by atoms with E-state index in [0.717, 1.165) is 25.8 Å². The van der Waals surface area contributed by atoms with Gasteiger partial charge in [-0.15, -0.1) is 0 Å². The highest BCUT2D eigenvalue weighted by molar-refractivity contribution is 5.09. The van der Waals surface area contributed by atoms with Crippen LogP contribution in [0, 0.1) is 0 Å². The van der Waals surface area contributed by atoms with Crippen LogP contribution in [0.2, 0.25) is 0 Å². The molecule has 4 heteroatoms. The summed E-state index contributed by atoms with van der Waals surface area (Å²) in [6.45, 7) is 1.91. The van der Waals surface area contributed by atoms with Crippen molar-refractivity contribution in [3.05, 3.63) is 30.1 Å². The van der Waals surface area contributed by atoms with Gasteiger partial charge >= 0.3 is 0 Å². The molecule has 1 aliphatic rings. The second-order valence-corrected chi connectivity index (χ2v) is 5.20. The molecule has 0 aliphatic heterocycles. The lowest BCUT2D eigenvalue weighted by Gasteiger charge is -2.16. The van der Waals surface area contributed by atoms with E-state index >= 15 is 0 Å². The van der Waals surface area contributed by atoms with E-state index in [9.17, 15) is 5.11 Å². The predicted molar refractivity (Wildman–Crippen MR) is 75.0 cm³/mol. The first-order chi connectivity index (χ1) is 9.34. The molecule has 1 aliphatic carbocycles. The van der Waals surface area contributed by atoms with Crippen molar-refractivity contribution in [2.45, 2.75) is 44.3 Å². The first-order valence-corrected chi connectivity index (χ1v) is 7.24. The predicted octanol–water partition coefficient (Wildman–Crippen LogP) is 1.53. The molecular weight excluding hydrogens is 240 g/mol. The number of aromatic nitrogens is 1. The molecule has 19 heavy (non-hydrogen) atoms. The number of nitrogens with zero attached hydrogens (tertiary/aromatic N) is 1. The Kier molecular flexibility index (Phi) is 6.27. The van der Waals surface area contributed by atoms with Crippen LogP contribution < -0.4 is 5.32 Å². The smallest absolute Gasteiger partial charge is 0.0897 e. The number of rotatable bonds is 8. The van der Waals surface area contributed by atoms with E-state index < -0.39 is 6.10 Å². The first-order valence-electron chi connectivity index (χ1n) is 7.24. The summed E-state index contributed by atoms with van der Waals surface area (Å²) in [5.74, 6) is 0. The van der Waals surface area contributed by atoms with Gasteiger partial charge in [-0.2, -0.15) is 0 Å². The number of aliphatic hydroxyl groups excluding tert-OH is 1. The van der Waals surface area contributed by atoms with Crippen LogP contribution in [0.25, 0.3) is 0 Å². The molecule has 0 bridgehead atoms. The lowest BCUT2D eigenvalue weighted by atomic mass is 10.2. The molecule has 1 heterocycles. The Hall–Kier alpha value is -0.970.